The van der Waals surface area contributed by atoms with Crippen LogP contribution in [0.25, 0.3) is 0 Å². The van der Waals surface area contributed by atoms with Crippen molar-refractivity contribution in [1.82, 2.24) is 20.5 Å². The Balaban J connectivity index is 1.64. The molecule has 3 aromatic rings. The highest BCUT2D eigenvalue weighted by Crippen LogP contribution is 2.29. The van der Waals surface area contributed by atoms with E-state index in [9.17, 15) is 31.9 Å². The van der Waals surface area contributed by atoms with E-state index in [1.165, 1.54) is 56.6 Å². The zero-order valence-electron chi connectivity index (χ0n) is 22.4. The molecule has 0 unspecified atom stereocenters. The fourth-order valence-corrected chi connectivity index (χ4v) is 4.61. The van der Waals surface area contributed by atoms with E-state index in [0.717, 1.165) is 17.0 Å². The maximum atomic E-state index is 14.5. The van der Waals surface area contributed by atoms with Gasteiger partial charge in [-0.3, -0.25) is 9.59 Å². The number of urea groups is 1. The molecular formula is C28H26ClF4N5O4. The van der Waals surface area contributed by atoms with E-state index < -0.39 is 60.6 Å². The molecule has 0 spiro atoms. The molecule has 0 bridgehead atoms. The largest absolute Gasteiger partial charge is 0.382 e. The lowest BCUT2D eigenvalue weighted by molar-refractivity contribution is -0.118. The van der Waals surface area contributed by atoms with Crippen molar-refractivity contribution in [3.63, 3.8) is 0 Å². The van der Waals surface area contributed by atoms with Gasteiger partial charge in [0.05, 0.1) is 36.3 Å². The molecule has 0 saturated carbocycles. The standard InChI is InChI=1S/C28H26ClF4N5O4/c1-15-4-3-5-19(30)23(15)25(39)37-24(17-6-7-18(29)20(31)10-17)26(40)36-22-11-16(8-9-34-22)21(12-42-2)38-14-28(32,33)13-35-27(38)41/h3-11,21,24H,12-14H2,1-2H3,(H,35,41)(H,37,39)(H,34,36,40)/t21-,24+/m1/s1. The first-order chi connectivity index (χ1) is 19.9. The fraction of sp³-hybridized carbons (Fsp3) is 0.286. The number of hydrogen-bond acceptors (Lipinski definition) is 5. The number of aromatic nitrogens is 1. The molecule has 2 atom stereocenters. The van der Waals surface area contributed by atoms with Gasteiger partial charge in [-0.2, -0.15) is 0 Å². The van der Waals surface area contributed by atoms with E-state index in [1.54, 1.807) is 0 Å². The number of aryl methyl sites for hydroxylation is 1. The fourth-order valence-electron chi connectivity index (χ4n) is 4.49. The van der Waals surface area contributed by atoms with Gasteiger partial charge in [0.25, 0.3) is 17.7 Å². The number of nitrogens with zero attached hydrogens (tertiary/aromatic N) is 2. The van der Waals surface area contributed by atoms with Gasteiger partial charge < -0.3 is 25.6 Å². The maximum absolute atomic E-state index is 14.5. The van der Waals surface area contributed by atoms with Crippen LogP contribution >= 0.6 is 11.6 Å². The number of anilines is 1. The number of alkyl halides is 2. The van der Waals surface area contributed by atoms with E-state index in [0.29, 0.717) is 11.1 Å². The van der Waals surface area contributed by atoms with Crippen LogP contribution in [0.5, 0.6) is 0 Å². The number of nitrogens with one attached hydrogen (secondary N) is 3. The van der Waals surface area contributed by atoms with Crippen molar-refractivity contribution in [2.75, 3.05) is 32.1 Å². The van der Waals surface area contributed by atoms with Crippen molar-refractivity contribution >= 4 is 35.3 Å². The molecule has 9 nitrogen and oxygen atoms in total. The molecule has 14 heteroatoms. The van der Waals surface area contributed by atoms with Crippen LogP contribution in [0.3, 0.4) is 0 Å². The number of amides is 4. The van der Waals surface area contributed by atoms with E-state index >= 15 is 0 Å². The lowest BCUT2D eigenvalue weighted by Crippen LogP contribution is -2.58. The molecule has 1 saturated heterocycles. The van der Waals surface area contributed by atoms with Crippen molar-refractivity contribution in [3.8, 4) is 0 Å². The SMILES string of the molecule is COC[C@H](c1ccnc(NC(=O)[C@@H](NC(=O)c2c(C)cccc2F)c2ccc(Cl)c(F)c2)c1)N1CC(F)(F)CNC1=O. The summed E-state index contributed by atoms with van der Waals surface area (Å²) < 4.78 is 62.2. The van der Waals surface area contributed by atoms with Gasteiger partial charge in [-0.1, -0.05) is 29.8 Å². The average Bonchev–Trinajstić information content (AvgIpc) is 2.93. The summed E-state index contributed by atoms with van der Waals surface area (Å²) in [5, 5.41) is 6.86. The van der Waals surface area contributed by atoms with Gasteiger partial charge in [-0.05, 0) is 53.9 Å². The molecule has 4 rings (SSSR count). The molecule has 0 radical (unpaired) electrons. The summed E-state index contributed by atoms with van der Waals surface area (Å²) in [5.41, 5.74) is 0.316. The summed E-state index contributed by atoms with van der Waals surface area (Å²) in [6, 6.07) is 7.08. The highest BCUT2D eigenvalue weighted by molar-refractivity contribution is 6.30. The number of carbonyl (C=O) groups is 3. The average molecular weight is 608 g/mol. The first-order valence-electron chi connectivity index (χ1n) is 12.6. The normalized spacial score (nSPS) is 15.9. The number of halogens is 5. The van der Waals surface area contributed by atoms with E-state index in [-0.39, 0.29) is 28.6 Å². The summed E-state index contributed by atoms with van der Waals surface area (Å²) in [6.45, 7) is -0.294. The van der Waals surface area contributed by atoms with Crippen LogP contribution in [0.4, 0.5) is 28.2 Å². The summed E-state index contributed by atoms with van der Waals surface area (Å²) in [4.78, 5) is 44.0. The van der Waals surface area contributed by atoms with Crippen LogP contribution in [-0.2, 0) is 9.53 Å². The number of ether oxygens (including phenoxy) is 1. The van der Waals surface area contributed by atoms with Crippen molar-refractivity contribution in [3.05, 3.63) is 93.6 Å². The van der Waals surface area contributed by atoms with Crippen LogP contribution in [0.15, 0.2) is 54.7 Å². The molecule has 1 fully saturated rings. The molecule has 2 aromatic carbocycles. The number of carbonyl (C=O) groups excluding carboxylic acids is 3. The number of benzene rings is 2. The zero-order chi connectivity index (χ0) is 30.6. The minimum absolute atomic E-state index is 0.00243. The van der Waals surface area contributed by atoms with E-state index in [2.05, 4.69) is 20.9 Å². The molecule has 1 aliphatic heterocycles. The Hall–Kier alpha value is -4.23. The number of hydrogen-bond donors (Lipinski definition) is 3. The predicted molar refractivity (Wildman–Crippen MR) is 145 cm³/mol. The maximum Gasteiger partial charge on any atom is 0.318 e. The molecule has 1 aromatic heterocycles. The summed E-state index contributed by atoms with van der Waals surface area (Å²) in [5.74, 6) is -6.74. The third-order valence-electron chi connectivity index (χ3n) is 6.55. The summed E-state index contributed by atoms with van der Waals surface area (Å²) >= 11 is 5.79. The third kappa shape index (κ3) is 6.97. The number of pyridine rings is 1. The van der Waals surface area contributed by atoms with Gasteiger partial charge in [0, 0.05) is 13.3 Å². The first-order valence-corrected chi connectivity index (χ1v) is 13.0. The molecule has 1 aliphatic rings. The lowest BCUT2D eigenvalue weighted by atomic mass is 10.0. The molecule has 0 aliphatic carbocycles. The predicted octanol–water partition coefficient (Wildman–Crippen LogP) is 4.78. The first kappa shape index (κ1) is 30.7. The van der Waals surface area contributed by atoms with E-state index in [1.807, 2.05) is 0 Å². The number of methoxy groups -OCH3 is 1. The summed E-state index contributed by atoms with van der Waals surface area (Å²) in [7, 11) is 1.34. The van der Waals surface area contributed by atoms with Crippen molar-refractivity contribution < 1.29 is 36.7 Å². The van der Waals surface area contributed by atoms with Crippen molar-refractivity contribution in [1.29, 1.82) is 0 Å². The van der Waals surface area contributed by atoms with Gasteiger partial charge in [-0.15, -0.1) is 0 Å². The highest BCUT2D eigenvalue weighted by atomic mass is 35.5. The Morgan fingerprint density at radius 3 is 2.60 bits per heavy atom. The van der Waals surface area contributed by atoms with Gasteiger partial charge in [-0.25, -0.2) is 27.3 Å². The number of rotatable bonds is 9. The van der Waals surface area contributed by atoms with Crippen LogP contribution in [-0.4, -0.2) is 60.5 Å². The van der Waals surface area contributed by atoms with Gasteiger partial charge in [0.2, 0.25) is 0 Å². The topological polar surface area (TPSA) is 113 Å². The summed E-state index contributed by atoms with van der Waals surface area (Å²) in [6.07, 6.45) is 1.28. The Morgan fingerprint density at radius 2 is 1.90 bits per heavy atom. The van der Waals surface area contributed by atoms with E-state index in [4.69, 9.17) is 16.3 Å². The molecular weight excluding hydrogens is 582 g/mol. The van der Waals surface area contributed by atoms with Gasteiger partial charge in [0.15, 0.2) is 0 Å². The second-order valence-electron chi connectivity index (χ2n) is 9.59. The molecule has 222 valence electrons. The minimum atomic E-state index is -3.18. The second-order valence-corrected chi connectivity index (χ2v) is 10.00. The Kier molecular flexibility index (Phi) is 9.32. The quantitative estimate of drug-likeness (QED) is 0.303. The van der Waals surface area contributed by atoms with Gasteiger partial charge >= 0.3 is 6.03 Å². The van der Waals surface area contributed by atoms with Gasteiger partial charge in [0.1, 0.15) is 23.5 Å². The molecule has 42 heavy (non-hydrogen) atoms. The molecule has 2 heterocycles. The van der Waals surface area contributed by atoms with Crippen molar-refractivity contribution in [2.45, 2.75) is 24.9 Å². The van der Waals surface area contributed by atoms with Crippen LogP contribution in [0.1, 0.15) is 39.1 Å². The Labute approximate surface area is 243 Å². The Morgan fingerprint density at radius 1 is 1.14 bits per heavy atom. The smallest absolute Gasteiger partial charge is 0.318 e. The Bertz CT molecular complexity index is 1490. The van der Waals surface area contributed by atoms with Crippen LogP contribution < -0.4 is 16.0 Å². The van der Waals surface area contributed by atoms with Crippen molar-refractivity contribution in [2.24, 2.45) is 0 Å². The molecule has 3 N–H and O–H groups in total. The second kappa shape index (κ2) is 12.7. The minimum Gasteiger partial charge on any atom is -0.382 e. The van der Waals surface area contributed by atoms with Crippen LogP contribution in [0, 0.1) is 18.6 Å². The molecule has 4 amide bonds. The van der Waals surface area contributed by atoms with Crippen LogP contribution in [0.2, 0.25) is 5.02 Å². The lowest BCUT2D eigenvalue weighted by Gasteiger charge is -2.38. The highest BCUT2D eigenvalue weighted by Gasteiger charge is 2.42. The monoisotopic (exact) mass is 607 g/mol. The third-order valence-corrected chi connectivity index (χ3v) is 6.85. The zero-order valence-corrected chi connectivity index (χ0v) is 23.1.